The van der Waals surface area contributed by atoms with E-state index in [1.807, 2.05) is 32.0 Å². The maximum Gasteiger partial charge on any atom is 0.219 e. The minimum Gasteiger partial charge on any atom is -0.497 e. The Morgan fingerprint density at radius 2 is 1.88 bits per heavy atom. The van der Waals surface area contributed by atoms with Gasteiger partial charge < -0.3 is 9.30 Å². The van der Waals surface area contributed by atoms with Gasteiger partial charge in [0.05, 0.1) is 18.1 Å². The molecule has 0 spiro atoms. The zero-order valence-electron chi connectivity index (χ0n) is 14.5. The average molecular weight is 340 g/mol. The summed E-state index contributed by atoms with van der Waals surface area (Å²) < 4.78 is 7.49. The van der Waals surface area contributed by atoms with E-state index in [0.717, 1.165) is 34.0 Å². The number of allylic oxidation sites excluding steroid dienone is 1. The lowest BCUT2D eigenvalue weighted by Gasteiger charge is -2.24. The molecular formula is C18H20N4OS. The van der Waals surface area contributed by atoms with E-state index in [-0.39, 0.29) is 6.04 Å². The summed E-state index contributed by atoms with van der Waals surface area (Å²) in [5.41, 5.74) is 4.92. The zero-order valence-corrected chi connectivity index (χ0v) is 15.3. The molecule has 0 saturated heterocycles. The van der Waals surface area contributed by atoms with Gasteiger partial charge in [-0.1, -0.05) is 5.57 Å². The molecule has 1 aromatic carbocycles. The van der Waals surface area contributed by atoms with Crippen molar-refractivity contribution in [2.75, 3.05) is 7.11 Å². The Bertz CT molecular complexity index is 894. The monoisotopic (exact) mass is 340 g/mol. The van der Waals surface area contributed by atoms with Crippen molar-refractivity contribution < 1.29 is 4.74 Å². The number of methoxy groups -OCH3 is 1. The van der Waals surface area contributed by atoms with Gasteiger partial charge in [-0.15, -0.1) is 0 Å². The Morgan fingerprint density at radius 3 is 2.46 bits per heavy atom. The maximum atomic E-state index is 5.33. The summed E-state index contributed by atoms with van der Waals surface area (Å²) in [5.74, 6) is 1.66. The summed E-state index contributed by atoms with van der Waals surface area (Å²) >= 11 is 5.15. The van der Waals surface area contributed by atoms with Crippen LogP contribution >= 0.6 is 12.2 Å². The highest BCUT2D eigenvalue weighted by atomic mass is 32.1. The lowest BCUT2D eigenvalue weighted by molar-refractivity contribution is 0.415. The van der Waals surface area contributed by atoms with Crippen molar-refractivity contribution in [2.45, 2.75) is 33.7 Å². The van der Waals surface area contributed by atoms with Gasteiger partial charge in [-0.25, -0.2) is 15.0 Å². The summed E-state index contributed by atoms with van der Waals surface area (Å²) in [5, 5.41) is 0.385. The number of benzene rings is 1. The van der Waals surface area contributed by atoms with Crippen LogP contribution in [0.2, 0.25) is 0 Å². The number of rotatable bonds is 3. The topological polar surface area (TPSA) is 51.8 Å². The van der Waals surface area contributed by atoms with E-state index < -0.39 is 0 Å². The van der Waals surface area contributed by atoms with Crippen LogP contribution < -0.4 is 4.74 Å². The van der Waals surface area contributed by atoms with Crippen LogP contribution in [-0.4, -0.2) is 33.2 Å². The minimum absolute atomic E-state index is 0.0827. The van der Waals surface area contributed by atoms with Gasteiger partial charge in [0.25, 0.3) is 0 Å². The summed E-state index contributed by atoms with van der Waals surface area (Å²) in [6.07, 6.45) is 2.07. The molecule has 0 saturated carbocycles. The Morgan fingerprint density at radius 1 is 1.21 bits per heavy atom. The van der Waals surface area contributed by atoms with E-state index >= 15 is 0 Å². The molecule has 5 nitrogen and oxygen atoms in total. The van der Waals surface area contributed by atoms with Crippen LogP contribution in [-0.2, 0) is 0 Å². The molecule has 3 rings (SSSR count). The molecule has 0 unspecified atom stereocenters. The number of imidazole rings is 1. The predicted molar refractivity (Wildman–Crippen MR) is 103 cm³/mol. The lowest BCUT2D eigenvalue weighted by atomic mass is 10.1. The molecule has 0 amide bonds. The van der Waals surface area contributed by atoms with Gasteiger partial charge >= 0.3 is 0 Å². The van der Waals surface area contributed by atoms with E-state index in [4.69, 9.17) is 21.9 Å². The van der Waals surface area contributed by atoms with Gasteiger partial charge in [-0.2, -0.15) is 0 Å². The Hall–Kier alpha value is -2.34. The first kappa shape index (κ1) is 16.5. The second-order valence-electron chi connectivity index (χ2n) is 6.11. The number of hydrogen-bond donors (Lipinski definition) is 0. The fourth-order valence-electron chi connectivity index (χ4n) is 2.98. The molecule has 6 heteroatoms. The zero-order chi connectivity index (χ0) is 17.4. The molecule has 2 heterocycles. The first-order valence-electron chi connectivity index (χ1n) is 7.76. The normalized spacial score (nSPS) is 15.3. The maximum absolute atomic E-state index is 5.33. The molecular weight excluding hydrogens is 320 g/mol. The molecule has 24 heavy (non-hydrogen) atoms. The minimum atomic E-state index is -0.0827. The molecule has 1 aromatic heterocycles. The second kappa shape index (κ2) is 6.28. The number of hydrogen-bond acceptors (Lipinski definition) is 3. The largest absolute Gasteiger partial charge is 0.497 e. The van der Waals surface area contributed by atoms with Crippen molar-refractivity contribution in [1.29, 1.82) is 0 Å². The van der Waals surface area contributed by atoms with Gasteiger partial charge in [0.15, 0.2) is 0 Å². The Balaban J connectivity index is 2.29. The average Bonchev–Trinajstić information content (AvgIpc) is 2.82. The van der Waals surface area contributed by atoms with Crippen molar-refractivity contribution in [3.8, 4) is 5.75 Å². The van der Waals surface area contributed by atoms with Crippen LogP contribution in [0, 0.1) is 0 Å². The van der Waals surface area contributed by atoms with Crippen molar-refractivity contribution in [2.24, 2.45) is 9.98 Å². The summed E-state index contributed by atoms with van der Waals surface area (Å²) in [6.45, 7) is 8.08. The van der Waals surface area contributed by atoms with Crippen LogP contribution in [0.5, 0.6) is 5.75 Å². The fourth-order valence-corrected chi connectivity index (χ4v) is 3.27. The molecule has 0 N–H and O–H groups in total. The number of thiocarbonyl (C=S) groups is 1. The van der Waals surface area contributed by atoms with Crippen molar-refractivity contribution in [1.82, 2.24) is 9.55 Å². The number of fused-ring (bicyclic) bond motifs is 1. The number of aliphatic imine (C=N–C) groups is 2. The Labute approximate surface area is 146 Å². The van der Waals surface area contributed by atoms with Crippen LogP contribution in [0.25, 0.3) is 17.1 Å². The lowest BCUT2D eigenvalue weighted by Crippen LogP contribution is -2.29. The highest BCUT2D eigenvalue weighted by Crippen LogP contribution is 2.29. The molecule has 0 atom stereocenters. The first-order chi connectivity index (χ1) is 11.4. The summed E-state index contributed by atoms with van der Waals surface area (Å²) in [4.78, 5) is 13.6. The molecule has 0 radical (unpaired) electrons. The summed E-state index contributed by atoms with van der Waals surface area (Å²) in [7, 11) is 1.66. The highest BCUT2D eigenvalue weighted by molar-refractivity contribution is 7.80. The van der Waals surface area contributed by atoms with E-state index in [0.29, 0.717) is 5.11 Å². The van der Waals surface area contributed by atoms with Crippen LogP contribution in [0.15, 0.2) is 33.8 Å². The van der Waals surface area contributed by atoms with Crippen LogP contribution in [0.3, 0.4) is 0 Å². The van der Waals surface area contributed by atoms with Crippen molar-refractivity contribution in [3.63, 3.8) is 0 Å². The number of ether oxygens (including phenoxy) is 1. The first-order valence-corrected chi connectivity index (χ1v) is 8.16. The quantitative estimate of drug-likeness (QED) is 0.786. The van der Waals surface area contributed by atoms with Gasteiger partial charge in [0.1, 0.15) is 17.6 Å². The number of nitrogens with zero attached hydrogens (tertiary/aromatic N) is 4. The molecule has 0 fully saturated rings. The SMILES string of the molecule is COc1ccc2c(c1)nc(C=C(C)C)n2C1C(C)=NC(=S)N=C1C. The van der Waals surface area contributed by atoms with E-state index in [1.54, 1.807) is 7.11 Å². The van der Waals surface area contributed by atoms with Gasteiger partial charge in [0, 0.05) is 17.5 Å². The van der Waals surface area contributed by atoms with Gasteiger partial charge in [0.2, 0.25) is 5.11 Å². The molecule has 2 aromatic rings. The van der Waals surface area contributed by atoms with E-state index in [9.17, 15) is 0 Å². The molecule has 0 aliphatic carbocycles. The van der Waals surface area contributed by atoms with Gasteiger partial charge in [-0.3, -0.25) is 0 Å². The smallest absolute Gasteiger partial charge is 0.219 e. The van der Waals surface area contributed by atoms with Crippen LogP contribution in [0.4, 0.5) is 0 Å². The fraction of sp³-hybridized carbons (Fsp3) is 0.333. The van der Waals surface area contributed by atoms with Gasteiger partial charge in [-0.05, 0) is 58.1 Å². The van der Waals surface area contributed by atoms with Crippen molar-refractivity contribution in [3.05, 3.63) is 29.6 Å². The predicted octanol–water partition coefficient (Wildman–Crippen LogP) is 4.23. The molecule has 124 valence electrons. The van der Waals surface area contributed by atoms with E-state index in [1.165, 1.54) is 5.57 Å². The summed E-state index contributed by atoms with van der Waals surface area (Å²) in [6, 6.07) is 5.83. The highest BCUT2D eigenvalue weighted by Gasteiger charge is 2.26. The standard InChI is InChI=1S/C18H20N4OS/c1-10(2)8-16-21-14-9-13(23-5)6-7-15(14)22(16)17-11(3)19-18(24)20-12(17)4/h6-9,17H,1-5H3. The third-order valence-corrected chi connectivity index (χ3v) is 4.12. The number of aromatic nitrogens is 2. The Kier molecular flexibility index (Phi) is 4.32. The van der Waals surface area contributed by atoms with E-state index in [2.05, 4.69) is 34.5 Å². The third kappa shape index (κ3) is 2.89. The second-order valence-corrected chi connectivity index (χ2v) is 6.47. The molecule has 0 bridgehead atoms. The van der Waals surface area contributed by atoms with Crippen molar-refractivity contribution >= 4 is 45.9 Å². The molecule has 1 aliphatic heterocycles. The third-order valence-electron chi connectivity index (χ3n) is 3.94. The molecule has 1 aliphatic rings. The van der Waals surface area contributed by atoms with Crippen LogP contribution in [0.1, 0.15) is 39.6 Å².